The molecule has 1 rings (SSSR count). The Balaban J connectivity index is 2.90. The third kappa shape index (κ3) is 4.23. The second kappa shape index (κ2) is 4.95. The van der Waals surface area contributed by atoms with Crippen LogP contribution in [-0.2, 0) is 0 Å². The zero-order valence-corrected chi connectivity index (χ0v) is 11.8. The lowest BCUT2D eigenvalue weighted by atomic mass is 9.96. The van der Waals surface area contributed by atoms with Gasteiger partial charge in [-0.15, -0.1) is 0 Å². The third-order valence-electron chi connectivity index (χ3n) is 2.01. The van der Waals surface area contributed by atoms with E-state index in [-0.39, 0.29) is 0 Å². The molecule has 84 valence electrons. The molecule has 1 aromatic carbocycles. The van der Waals surface area contributed by atoms with Crippen molar-refractivity contribution in [1.82, 2.24) is 0 Å². The molecule has 1 unspecified atom stereocenters. The van der Waals surface area contributed by atoms with Crippen LogP contribution in [-0.4, -0.2) is 15.8 Å². The number of hydrogen-bond acceptors (Lipinski definition) is 2. The van der Waals surface area contributed by atoms with Crippen molar-refractivity contribution in [3.8, 4) is 0 Å². The number of aliphatic hydroxyl groups is 2. The van der Waals surface area contributed by atoms with Crippen molar-refractivity contribution in [2.75, 3.05) is 0 Å². The van der Waals surface area contributed by atoms with Gasteiger partial charge in [-0.1, -0.05) is 31.9 Å². The highest BCUT2D eigenvalue weighted by molar-refractivity contribution is 9.11. The standard InChI is InChI=1S/C11H14Br2O2/c1-11(2,15)6-10(14)8-5-7(12)3-4-9(8)13/h3-5,10,14-15H,6H2,1-2H3. The molecule has 2 N–H and O–H groups in total. The van der Waals surface area contributed by atoms with Crippen LogP contribution in [0.3, 0.4) is 0 Å². The average Bonchev–Trinajstić information content (AvgIpc) is 2.06. The lowest BCUT2D eigenvalue weighted by molar-refractivity contribution is 0.0176. The number of halogens is 2. The maximum Gasteiger partial charge on any atom is 0.0828 e. The van der Waals surface area contributed by atoms with E-state index in [0.717, 1.165) is 14.5 Å². The smallest absolute Gasteiger partial charge is 0.0828 e. The number of aliphatic hydroxyl groups excluding tert-OH is 1. The van der Waals surface area contributed by atoms with Crippen LogP contribution in [0, 0.1) is 0 Å². The van der Waals surface area contributed by atoms with Gasteiger partial charge in [0.05, 0.1) is 11.7 Å². The zero-order valence-electron chi connectivity index (χ0n) is 8.67. The second-order valence-corrected chi connectivity index (χ2v) is 5.97. The van der Waals surface area contributed by atoms with Gasteiger partial charge in [-0.2, -0.15) is 0 Å². The van der Waals surface area contributed by atoms with Crippen LogP contribution < -0.4 is 0 Å². The molecule has 0 aliphatic rings. The lowest BCUT2D eigenvalue weighted by Gasteiger charge is -2.22. The predicted molar refractivity (Wildman–Crippen MR) is 67.7 cm³/mol. The predicted octanol–water partition coefficient (Wildman–Crippen LogP) is 3.41. The van der Waals surface area contributed by atoms with Crippen molar-refractivity contribution in [2.45, 2.75) is 32.0 Å². The fraction of sp³-hybridized carbons (Fsp3) is 0.455. The summed E-state index contributed by atoms with van der Waals surface area (Å²) in [6, 6.07) is 5.61. The van der Waals surface area contributed by atoms with Crippen molar-refractivity contribution in [1.29, 1.82) is 0 Å². The molecule has 0 saturated carbocycles. The molecular weight excluding hydrogens is 324 g/mol. The first-order chi connectivity index (χ1) is 6.79. The van der Waals surface area contributed by atoms with E-state index in [0.29, 0.717) is 6.42 Å². The molecule has 0 fully saturated rings. The topological polar surface area (TPSA) is 40.5 Å². The van der Waals surface area contributed by atoms with Crippen LogP contribution in [0.2, 0.25) is 0 Å². The first-order valence-corrected chi connectivity index (χ1v) is 6.23. The summed E-state index contributed by atoms with van der Waals surface area (Å²) in [6.45, 7) is 3.37. The summed E-state index contributed by atoms with van der Waals surface area (Å²) >= 11 is 6.73. The van der Waals surface area contributed by atoms with Crippen molar-refractivity contribution in [3.63, 3.8) is 0 Å². The molecular formula is C11H14Br2O2. The van der Waals surface area contributed by atoms with Crippen LogP contribution in [0.4, 0.5) is 0 Å². The molecule has 0 spiro atoms. The van der Waals surface area contributed by atoms with Crippen LogP contribution in [0.1, 0.15) is 31.9 Å². The molecule has 0 aliphatic carbocycles. The SMILES string of the molecule is CC(C)(O)CC(O)c1cc(Br)ccc1Br. The van der Waals surface area contributed by atoms with E-state index in [9.17, 15) is 10.2 Å². The Morgan fingerprint density at radius 1 is 1.33 bits per heavy atom. The highest BCUT2D eigenvalue weighted by atomic mass is 79.9. The molecule has 0 bridgehead atoms. The van der Waals surface area contributed by atoms with E-state index in [4.69, 9.17) is 0 Å². The number of rotatable bonds is 3. The van der Waals surface area contributed by atoms with Crippen LogP contribution >= 0.6 is 31.9 Å². The second-order valence-electron chi connectivity index (χ2n) is 4.20. The molecule has 1 aromatic rings. The van der Waals surface area contributed by atoms with Gasteiger partial charge in [-0.25, -0.2) is 0 Å². The fourth-order valence-corrected chi connectivity index (χ4v) is 2.24. The van der Waals surface area contributed by atoms with Crippen molar-refractivity contribution in [2.24, 2.45) is 0 Å². The number of hydrogen-bond donors (Lipinski definition) is 2. The van der Waals surface area contributed by atoms with Gasteiger partial charge in [0.25, 0.3) is 0 Å². The molecule has 4 heteroatoms. The highest BCUT2D eigenvalue weighted by Gasteiger charge is 2.21. The minimum Gasteiger partial charge on any atom is -0.390 e. The third-order valence-corrected chi connectivity index (χ3v) is 3.23. The Morgan fingerprint density at radius 3 is 2.47 bits per heavy atom. The van der Waals surface area contributed by atoms with Gasteiger partial charge in [0.2, 0.25) is 0 Å². The first-order valence-electron chi connectivity index (χ1n) is 4.65. The van der Waals surface area contributed by atoms with Gasteiger partial charge < -0.3 is 10.2 Å². The van der Waals surface area contributed by atoms with Gasteiger partial charge >= 0.3 is 0 Å². The van der Waals surface area contributed by atoms with Gasteiger partial charge in [0.15, 0.2) is 0 Å². The van der Waals surface area contributed by atoms with E-state index < -0.39 is 11.7 Å². The zero-order chi connectivity index (χ0) is 11.6. The van der Waals surface area contributed by atoms with Crippen molar-refractivity contribution >= 4 is 31.9 Å². The van der Waals surface area contributed by atoms with E-state index in [1.54, 1.807) is 13.8 Å². The van der Waals surface area contributed by atoms with Gasteiger partial charge in [0.1, 0.15) is 0 Å². The molecule has 0 heterocycles. The van der Waals surface area contributed by atoms with Gasteiger partial charge in [-0.05, 0) is 37.6 Å². The first kappa shape index (κ1) is 13.2. The van der Waals surface area contributed by atoms with E-state index in [2.05, 4.69) is 31.9 Å². The Bertz CT molecular complexity index is 345. The lowest BCUT2D eigenvalue weighted by Crippen LogP contribution is -2.22. The molecule has 0 saturated heterocycles. The van der Waals surface area contributed by atoms with Crippen LogP contribution in [0.5, 0.6) is 0 Å². The van der Waals surface area contributed by atoms with Crippen LogP contribution in [0.15, 0.2) is 27.1 Å². The summed E-state index contributed by atoms with van der Waals surface area (Å²) in [4.78, 5) is 0. The molecule has 0 amide bonds. The Kier molecular flexibility index (Phi) is 4.35. The minimum absolute atomic E-state index is 0.308. The van der Waals surface area contributed by atoms with Crippen LogP contribution in [0.25, 0.3) is 0 Å². The largest absolute Gasteiger partial charge is 0.390 e. The minimum atomic E-state index is -0.874. The Morgan fingerprint density at radius 2 is 1.93 bits per heavy atom. The Labute approximate surface area is 107 Å². The molecule has 2 nitrogen and oxygen atoms in total. The monoisotopic (exact) mass is 336 g/mol. The molecule has 1 atom stereocenters. The van der Waals surface area contributed by atoms with Crippen molar-refractivity contribution in [3.05, 3.63) is 32.7 Å². The normalized spacial score (nSPS) is 14.0. The summed E-state index contributed by atoms with van der Waals surface area (Å²) in [5.41, 5.74) is -0.0900. The average molecular weight is 338 g/mol. The van der Waals surface area contributed by atoms with Gasteiger partial charge in [-0.3, -0.25) is 0 Å². The molecule has 0 aromatic heterocycles. The molecule has 15 heavy (non-hydrogen) atoms. The molecule has 0 aliphatic heterocycles. The van der Waals surface area contributed by atoms with E-state index >= 15 is 0 Å². The summed E-state index contributed by atoms with van der Waals surface area (Å²) in [5, 5.41) is 19.6. The Hall–Kier alpha value is 0.1000. The summed E-state index contributed by atoms with van der Waals surface area (Å²) in [7, 11) is 0. The summed E-state index contributed by atoms with van der Waals surface area (Å²) < 4.78 is 1.76. The maximum atomic E-state index is 9.95. The van der Waals surface area contributed by atoms with Crippen molar-refractivity contribution < 1.29 is 10.2 Å². The summed E-state index contributed by atoms with van der Waals surface area (Å²) in [5.74, 6) is 0. The number of benzene rings is 1. The summed E-state index contributed by atoms with van der Waals surface area (Å²) in [6.07, 6.45) is -0.362. The molecule has 0 radical (unpaired) electrons. The van der Waals surface area contributed by atoms with E-state index in [1.165, 1.54) is 0 Å². The highest BCUT2D eigenvalue weighted by Crippen LogP contribution is 2.31. The maximum absolute atomic E-state index is 9.95. The fourth-order valence-electron chi connectivity index (χ4n) is 1.35. The quantitative estimate of drug-likeness (QED) is 0.887. The van der Waals surface area contributed by atoms with Gasteiger partial charge in [0, 0.05) is 15.4 Å². The van der Waals surface area contributed by atoms with E-state index in [1.807, 2.05) is 18.2 Å².